The van der Waals surface area contributed by atoms with Crippen LogP contribution in [-0.4, -0.2) is 13.0 Å². The van der Waals surface area contributed by atoms with Crippen molar-refractivity contribution in [2.75, 3.05) is 12.4 Å². The minimum atomic E-state index is -0.464. The first kappa shape index (κ1) is 13.0. The number of nitrogens with zero attached hydrogens (tertiary/aromatic N) is 2. The van der Waals surface area contributed by atoms with Gasteiger partial charge in [0.25, 0.3) is 0 Å². The van der Waals surface area contributed by atoms with Crippen molar-refractivity contribution in [1.29, 1.82) is 10.5 Å². The van der Waals surface area contributed by atoms with Gasteiger partial charge in [0.2, 0.25) is 5.91 Å². The average Bonchev–Trinajstić information content (AvgIpc) is 2.31. The topological polar surface area (TPSA) is 85.9 Å². The van der Waals surface area contributed by atoms with Crippen molar-refractivity contribution in [2.45, 2.75) is 6.42 Å². The first-order valence-corrected chi connectivity index (χ1v) is 5.36. The van der Waals surface area contributed by atoms with Crippen LogP contribution in [0, 0.1) is 22.7 Å². The van der Waals surface area contributed by atoms with Gasteiger partial charge in [-0.3, -0.25) is 4.79 Å². The molecule has 0 unspecified atom stereocenters. The Morgan fingerprint density at radius 1 is 1.53 bits per heavy atom. The fraction of sp³-hybridized carbons (Fsp3) is 0.182. The molecule has 1 N–H and O–H groups in total. The van der Waals surface area contributed by atoms with Crippen molar-refractivity contribution < 1.29 is 9.53 Å². The highest BCUT2D eigenvalue weighted by atomic mass is 79.9. The minimum absolute atomic E-state index is 0.216. The van der Waals surface area contributed by atoms with Crippen LogP contribution >= 0.6 is 15.9 Å². The van der Waals surface area contributed by atoms with Gasteiger partial charge in [0.05, 0.1) is 23.3 Å². The van der Waals surface area contributed by atoms with E-state index in [2.05, 4.69) is 21.2 Å². The van der Waals surface area contributed by atoms with Gasteiger partial charge in [0.15, 0.2) is 5.75 Å². The number of benzene rings is 1. The zero-order chi connectivity index (χ0) is 12.8. The lowest BCUT2D eigenvalue weighted by Crippen LogP contribution is -2.11. The molecule has 0 aromatic heterocycles. The Balaban J connectivity index is 3.14. The fourth-order valence-corrected chi connectivity index (χ4v) is 1.73. The maximum atomic E-state index is 11.3. The summed E-state index contributed by atoms with van der Waals surface area (Å²) in [4.78, 5) is 11.3. The van der Waals surface area contributed by atoms with Crippen LogP contribution < -0.4 is 10.1 Å². The molecule has 1 rings (SSSR count). The van der Waals surface area contributed by atoms with Crippen molar-refractivity contribution in [2.24, 2.45) is 0 Å². The number of halogens is 1. The molecule has 5 nitrogen and oxygen atoms in total. The van der Waals surface area contributed by atoms with Gasteiger partial charge in [-0.1, -0.05) is 0 Å². The molecule has 0 fully saturated rings. The summed E-state index contributed by atoms with van der Waals surface area (Å²) in [7, 11) is 1.43. The summed E-state index contributed by atoms with van der Waals surface area (Å²) >= 11 is 3.24. The predicted octanol–water partition coefficient (Wildman–Crippen LogP) is 2.18. The lowest BCUT2D eigenvalue weighted by atomic mass is 10.1. The highest BCUT2D eigenvalue weighted by molar-refractivity contribution is 9.10. The largest absolute Gasteiger partial charge is 0.494 e. The van der Waals surface area contributed by atoms with Crippen molar-refractivity contribution in [1.82, 2.24) is 0 Å². The predicted molar refractivity (Wildman–Crippen MR) is 64.3 cm³/mol. The summed E-state index contributed by atoms with van der Waals surface area (Å²) in [6, 6.07) is 6.90. The van der Waals surface area contributed by atoms with Gasteiger partial charge in [-0.2, -0.15) is 10.5 Å². The SMILES string of the molecule is COc1c(Br)ccc(NC(=O)CC#N)c1C#N. The smallest absolute Gasteiger partial charge is 0.238 e. The van der Waals surface area contributed by atoms with Gasteiger partial charge in [0, 0.05) is 0 Å². The standard InChI is InChI=1S/C11H8BrN3O2/c1-17-11-7(6-14)9(3-2-8(11)12)15-10(16)4-5-13/h2-3H,4H2,1H3,(H,15,16). The third kappa shape index (κ3) is 2.96. The molecule has 1 aromatic carbocycles. The Hall–Kier alpha value is -2.05. The molecule has 0 aliphatic rings. The van der Waals surface area contributed by atoms with Crippen molar-refractivity contribution in [3.8, 4) is 17.9 Å². The second kappa shape index (κ2) is 5.88. The number of hydrogen-bond acceptors (Lipinski definition) is 4. The molecule has 1 amide bonds. The van der Waals surface area contributed by atoms with Gasteiger partial charge >= 0.3 is 0 Å². The molecule has 0 spiro atoms. The normalized spacial score (nSPS) is 8.94. The summed E-state index contributed by atoms with van der Waals surface area (Å²) in [5.41, 5.74) is 0.543. The van der Waals surface area contributed by atoms with Gasteiger partial charge in [-0.05, 0) is 28.1 Å². The van der Waals surface area contributed by atoms with Crippen molar-refractivity contribution in [3.63, 3.8) is 0 Å². The Bertz CT molecular complexity index is 529. The molecule has 0 atom stereocenters. The molecular weight excluding hydrogens is 286 g/mol. The van der Waals surface area contributed by atoms with Crippen LogP contribution in [0.3, 0.4) is 0 Å². The number of nitrogens with one attached hydrogen (secondary N) is 1. The molecule has 0 bridgehead atoms. The second-order valence-corrected chi connectivity index (χ2v) is 3.85. The van der Waals surface area contributed by atoms with Gasteiger partial charge in [0.1, 0.15) is 18.1 Å². The Kier molecular flexibility index (Phi) is 4.50. The van der Waals surface area contributed by atoms with E-state index in [9.17, 15) is 4.79 Å². The molecule has 0 heterocycles. The molecule has 0 aliphatic carbocycles. The highest BCUT2D eigenvalue weighted by Crippen LogP contribution is 2.33. The van der Waals surface area contributed by atoms with Crippen LogP contribution in [0.5, 0.6) is 5.75 Å². The zero-order valence-electron chi connectivity index (χ0n) is 8.95. The summed E-state index contributed by atoms with van der Waals surface area (Å²) in [6.45, 7) is 0. The second-order valence-electron chi connectivity index (χ2n) is 3.00. The van der Waals surface area contributed by atoms with E-state index in [1.807, 2.05) is 6.07 Å². The third-order valence-electron chi connectivity index (χ3n) is 1.94. The van der Waals surface area contributed by atoms with Crippen molar-refractivity contribution in [3.05, 3.63) is 22.2 Å². The van der Waals surface area contributed by atoms with Crippen LogP contribution in [0.1, 0.15) is 12.0 Å². The number of methoxy groups -OCH3 is 1. The number of carbonyl (C=O) groups excluding carboxylic acids is 1. The van der Waals surface area contributed by atoms with E-state index in [1.54, 1.807) is 18.2 Å². The van der Waals surface area contributed by atoms with Crippen LogP contribution in [0.15, 0.2) is 16.6 Å². The van der Waals surface area contributed by atoms with E-state index in [0.717, 1.165) is 0 Å². The Morgan fingerprint density at radius 3 is 2.76 bits per heavy atom. The lowest BCUT2D eigenvalue weighted by Gasteiger charge is -2.10. The minimum Gasteiger partial charge on any atom is -0.494 e. The number of amides is 1. The molecule has 17 heavy (non-hydrogen) atoms. The van der Waals surface area contributed by atoms with Gasteiger partial charge in [-0.25, -0.2) is 0 Å². The molecule has 0 aliphatic heterocycles. The molecule has 1 aromatic rings. The maximum Gasteiger partial charge on any atom is 0.238 e. The van der Waals surface area contributed by atoms with Crippen molar-refractivity contribution >= 4 is 27.5 Å². The molecule has 6 heteroatoms. The van der Waals surface area contributed by atoms with Crippen LogP contribution in [0.25, 0.3) is 0 Å². The number of anilines is 1. The van der Waals surface area contributed by atoms with Crippen LogP contribution in [0.2, 0.25) is 0 Å². The molecule has 86 valence electrons. The third-order valence-corrected chi connectivity index (χ3v) is 2.56. The number of rotatable bonds is 3. The fourth-order valence-electron chi connectivity index (χ4n) is 1.24. The van der Waals surface area contributed by atoms with E-state index < -0.39 is 5.91 Å². The van der Waals surface area contributed by atoms with Gasteiger partial charge < -0.3 is 10.1 Å². The summed E-state index contributed by atoms with van der Waals surface area (Å²) in [5, 5.41) is 19.9. The van der Waals surface area contributed by atoms with E-state index in [4.69, 9.17) is 15.3 Å². The number of ether oxygens (including phenoxy) is 1. The summed E-state index contributed by atoms with van der Waals surface area (Å²) in [6.07, 6.45) is -0.261. The molecular formula is C11H8BrN3O2. The number of hydrogen-bond donors (Lipinski definition) is 1. The first-order chi connectivity index (χ1) is 8.13. The quantitative estimate of drug-likeness (QED) is 0.925. The Morgan fingerprint density at radius 2 is 2.24 bits per heavy atom. The van der Waals surface area contributed by atoms with Gasteiger partial charge in [-0.15, -0.1) is 0 Å². The monoisotopic (exact) mass is 293 g/mol. The summed E-state index contributed by atoms with van der Waals surface area (Å²) < 4.78 is 5.68. The highest BCUT2D eigenvalue weighted by Gasteiger charge is 2.14. The molecule has 0 radical (unpaired) electrons. The average molecular weight is 294 g/mol. The zero-order valence-corrected chi connectivity index (χ0v) is 10.5. The maximum absolute atomic E-state index is 11.3. The number of carbonyl (C=O) groups is 1. The number of nitriles is 2. The molecule has 0 saturated heterocycles. The molecule has 0 saturated carbocycles. The Labute approximate surface area is 107 Å². The van der Waals surface area contributed by atoms with Crippen LogP contribution in [-0.2, 0) is 4.79 Å². The van der Waals surface area contributed by atoms with Crippen LogP contribution in [0.4, 0.5) is 5.69 Å². The van der Waals surface area contributed by atoms with E-state index in [-0.39, 0.29) is 12.0 Å². The lowest BCUT2D eigenvalue weighted by molar-refractivity contribution is -0.115. The van der Waals surface area contributed by atoms with E-state index in [0.29, 0.717) is 15.9 Å². The van der Waals surface area contributed by atoms with E-state index in [1.165, 1.54) is 7.11 Å². The van der Waals surface area contributed by atoms with E-state index >= 15 is 0 Å². The summed E-state index contributed by atoms with van der Waals surface area (Å²) in [5.74, 6) is -0.115. The first-order valence-electron chi connectivity index (χ1n) is 4.57.